The first-order chi connectivity index (χ1) is 13.5. The number of halogens is 2. The highest BCUT2D eigenvalue weighted by atomic mass is 35.5. The van der Waals surface area contributed by atoms with Crippen LogP contribution in [0.4, 0.5) is 10.1 Å². The average Bonchev–Trinajstić information content (AvgIpc) is 2.71. The quantitative estimate of drug-likeness (QED) is 0.657. The summed E-state index contributed by atoms with van der Waals surface area (Å²) in [6, 6.07) is 17.4. The second-order valence-corrected chi connectivity index (χ2v) is 6.44. The van der Waals surface area contributed by atoms with Gasteiger partial charge < -0.3 is 10.6 Å². The molecule has 0 unspecified atom stereocenters. The molecule has 2 amide bonds. The summed E-state index contributed by atoms with van der Waals surface area (Å²) in [4.78, 5) is 28.7. The summed E-state index contributed by atoms with van der Waals surface area (Å²) in [6.45, 7) is 0.425. The van der Waals surface area contributed by atoms with Crippen LogP contribution in [0.15, 0.2) is 66.7 Å². The number of carbonyl (C=O) groups excluding carboxylic acids is 2. The Balaban J connectivity index is 1.58. The van der Waals surface area contributed by atoms with E-state index in [1.165, 1.54) is 36.4 Å². The minimum atomic E-state index is -0.484. The maximum atomic E-state index is 12.9. The first-order valence-corrected chi connectivity index (χ1v) is 8.96. The molecular weight excluding hydrogens is 381 g/mol. The van der Waals surface area contributed by atoms with Crippen molar-refractivity contribution in [2.24, 2.45) is 0 Å². The van der Waals surface area contributed by atoms with Crippen LogP contribution in [0.1, 0.15) is 26.5 Å². The van der Waals surface area contributed by atoms with E-state index in [4.69, 9.17) is 11.6 Å². The van der Waals surface area contributed by atoms with Crippen LogP contribution in [-0.2, 0) is 6.42 Å². The van der Waals surface area contributed by atoms with Gasteiger partial charge in [0.25, 0.3) is 11.8 Å². The fourth-order valence-corrected chi connectivity index (χ4v) is 2.60. The number of nitrogens with zero attached hydrogens (tertiary/aromatic N) is 1. The molecule has 7 heteroatoms. The molecule has 28 heavy (non-hydrogen) atoms. The molecular formula is C21H17ClFN3O2. The fourth-order valence-electron chi connectivity index (χ4n) is 2.48. The van der Waals surface area contributed by atoms with Crippen LogP contribution in [0.2, 0.25) is 5.02 Å². The summed E-state index contributed by atoms with van der Waals surface area (Å²) < 4.78 is 12.9. The molecule has 0 radical (unpaired) electrons. The summed E-state index contributed by atoms with van der Waals surface area (Å²) in [7, 11) is 0. The van der Waals surface area contributed by atoms with Gasteiger partial charge in [0.1, 0.15) is 17.2 Å². The van der Waals surface area contributed by atoms with Crippen LogP contribution in [-0.4, -0.2) is 23.3 Å². The third-order valence-electron chi connectivity index (χ3n) is 3.93. The average molecular weight is 398 g/mol. The lowest BCUT2D eigenvalue weighted by Gasteiger charge is -2.08. The Hall–Kier alpha value is -3.25. The number of carbonyl (C=O) groups is 2. The van der Waals surface area contributed by atoms with Gasteiger partial charge in [-0.3, -0.25) is 9.59 Å². The molecule has 0 atom stereocenters. The van der Waals surface area contributed by atoms with Gasteiger partial charge in [0.15, 0.2) is 0 Å². The van der Waals surface area contributed by atoms with Crippen molar-refractivity contribution in [1.29, 1.82) is 0 Å². The topological polar surface area (TPSA) is 71.1 Å². The van der Waals surface area contributed by atoms with E-state index in [2.05, 4.69) is 15.6 Å². The number of nitrogens with one attached hydrogen (secondary N) is 2. The van der Waals surface area contributed by atoms with Gasteiger partial charge in [-0.05, 0) is 60.5 Å². The molecule has 0 fully saturated rings. The number of benzene rings is 2. The Labute approximate surface area is 166 Å². The zero-order chi connectivity index (χ0) is 19.9. The van der Waals surface area contributed by atoms with E-state index in [1.807, 2.05) is 12.1 Å². The number of aromatic nitrogens is 1. The molecule has 3 rings (SSSR count). The molecule has 142 valence electrons. The molecule has 1 aromatic heterocycles. The molecule has 1 heterocycles. The van der Waals surface area contributed by atoms with E-state index in [9.17, 15) is 14.0 Å². The van der Waals surface area contributed by atoms with Crippen molar-refractivity contribution in [2.45, 2.75) is 6.42 Å². The van der Waals surface area contributed by atoms with Crippen molar-refractivity contribution in [1.82, 2.24) is 10.3 Å². The van der Waals surface area contributed by atoms with Crippen LogP contribution < -0.4 is 10.6 Å². The van der Waals surface area contributed by atoms with Gasteiger partial charge in [-0.25, -0.2) is 9.37 Å². The summed E-state index contributed by atoms with van der Waals surface area (Å²) in [5.74, 6) is -1.25. The van der Waals surface area contributed by atoms with Gasteiger partial charge in [-0.1, -0.05) is 29.8 Å². The lowest BCUT2D eigenvalue weighted by Crippen LogP contribution is -2.27. The van der Waals surface area contributed by atoms with E-state index in [0.717, 1.165) is 5.56 Å². The highest BCUT2D eigenvalue weighted by molar-refractivity contribution is 6.30. The highest BCUT2D eigenvalue weighted by Crippen LogP contribution is 2.11. The van der Waals surface area contributed by atoms with Crippen molar-refractivity contribution >= 4 is 29.1 Å². The molecule has 0 aliphatic carbocycles. The Kier molecular flexibility index (Phi) is 6.34. The summed E-state index contributed by atoms with van der Waals surface area (Å²) >= 11 is 5.85. The van der Waals surface area contributed by atoms with Crippen LogP contribution in [0, 0.1) is 5.82 Å². The second kappa shape index (κ2) is 9.10. The largest absolute Gasteiger partial charge is 0.350 e. The molecule has 0 spiro atoms. The van der Waals surface area contributed by atoms with Gasteiger partial charge >= 0.3 is 0 Å². The highest BCUT2D eigenvalue weighted by Gasteiger charge is 2.12. The molecule has 5 nitrogen and oxygen atoms in total. The molecule has 0 aliphatic heterocycles. The number of hydrogen-bond acceptors (Lipinski definition) is 3. The molecule has 0 saturated carbocycles. The summed E-state index contributed by atoms with van der Waals surface area (Å²) in [5, 5.41) is 6.05. The Morgan fingerprint density at radius 2 is 1.54 bits per heavy atom. The van der Waals surface area contributed by atoms with Gasteiger partial charge in [0, 0.05) is 17.3 Å². The van der Waals surface area contributed by atoms with E-state index in [1.54, 1.807) is 18.2 Å². The third kappa shape index (κ3) is 5.37. The van der Waals surface area contributed by atoms with Crippen LogP contribution in [0.3, 0.4) is 0 Å². The summed E-state index contributed by atoms with van der Waals surface area (Å²) in [5.41, 5.74) is 1.72. The van der Waals surface area contributed by atoms with Crippen molar-refractivity contribution < 1.29 is 14.0 Å². The molecule has 0 bridgehead atoms. The molecule has 2 aromatic carbocycles. The van der Waals surface area contributed by atoms with Gasteiger partial charge in [0.05, 0.1) is 0 Å². The second-order valence-electron chi connectivity index (χ2n) is 6.00. The van der Waals surface area contributed by atoms with E-state index >= 15 is 0 Å². The maximum Gasteiger partial charge on any atom is 0.274 e. The number of hydrogen-bond donors (Lipinski definition) is 2. The predicted molar refractivity (Wildman–Crippen MR) is 106 cm³/mol. The minimum absolute atomic E-state index is 0.0923. The van der Waals surface area contributed by atoms with Gasteiger partial charge in [-0.15, -0.1) is 0 Å². The van der Waals surface area contributed by atoms with Crippen molar-refractivity contribution in [3.8, 4) is 0 Å². The zero-order valence-corrected chi connectivity index (χ0v) is 15.5. The van der Waals surface area contributed by atoms with Gasteiger partial charge in [0.2, 0.25) is 0 Å². The van der Waals surface area contributed by atoms with E-state index < -0.39 is 11.7 Å². The van der Waals surface area contributed by atoms with Crippen molar-refractivity contribution in [2.75, 3.05) is 11.9 Å². The molecule has 2 N–H and O–H groups in total. The van der Waals surface area contributed by atoms with E-state index in [0.29, 0.717) is 23.7 Å². The van der Waals surface area contributed by atoms with Crippen LogP contribution >= 0.6 is 11.6 Å². The lowest BCUT2D eigenvalue weighted by atomic mass is 10.1. The molecule has 0 saturated heterocycles. The number of amides is 2. The summed E-state index contributed by atoms with van der Waals surface area (Å²) in [6.07, 6.45) is 0.646. The monoisotopic (exact) mass is 397 g/mol. The Morgan fingerprint density at radius 1 is 0.893 bits per heavy atom. The van der Waals surface area contributed by atoms with E-state index in [-0.39, 0.29) is 17.3 Å². The fraction of sp³-hybridized carbons (Fsp3) is 0.0952. The normalized spacial score (nSPS) is 10.4. The van der Waals surface area contributed by atoms with Crippen LogP contribution in [0.25, 0.3) is 0 Å². The number of anilines is 1. The first-order valence-electron chi connectivity index (χ1n) is 8.58. The minimum Gasteiger partial charge on any atom is -0.350 e. The Bertz CT molecular complexity index is 976. The third-order valence-corrected chi connectivity index (χ3v) is 4.18. The van der Waals surface area contributed by atoms with Gasteiger partial charge in [-0.2, -0.15) is 0 Å². The predicted octanol–water partition coefficient (Wildman–Crippen LogP) is 4.10. The van der Waals surface area contributed by atoms with Crippen molar-refractivity contribution in [3.63, 3.8) is 0 Å². The lowest BCUT2D eigenvalue weighted by molar-refractivity contribution is 0.0949. The molecule has 3 aromatic rings. The maximum absolute atomic E-state index is 12.9. The SMILES string of the molecule is O=C(NCCc1ccc(Cl)cc1)c1cccc(C(=O)Nc2ccc(F)cc2)n1. The zero-order valence-electron chi connectivity index (χ0n) is 14.8. The standard InChI is InChI=1S/C21H17ClFN3O2/c22-15-6-4-14(5-7-15)12-13-24-20(27)18-2-1-3-19(26-18)21(28)25-17-10-8-16(23)9-11-17/h1-11H,12-13H2,(H,24,27)(H,25,28). The number of rotatable bonds is 6. The Morgan fingerprint density at radius 3 is 2.21 bits per heavy atom. The van der Waals surface area contributed by atoms with Crippen LogP contribution in [0.5, 0.6) is 0 Å². The van der Waals surface area contributed by atoms with Crippen molar-refractivity contribution in [3.05, 3.63) is 94.5 Å². The molecule has 0 aliphatic rings. The first kappa shape index (κ1) is 19.5. The smallest absolute Gasteiger partial charge is 0.274 e. The number of pyridine rings is 1.